The molecular formula is C54H34N2S. The summed E-state index contributed by atoms with van der Waals surface area (Å²) >= 11 is 1.77. The second-order valence-electron chi connectivity index (χ2n) is 14.3. The minimum atomic E-state index is -0.422. The van der Waals surface area contributed by atoms with E-state index in [4.69, 9.17) is 2.74 Å². The summed E-state index contributed by atoms with van der Waals surface area (Å²) in [5.41, 5.74) is 8.73. The van der Waals surface area contributed by atoms with Crippen molar-refractivity contribution < 1.29 is 9.60 Å². The Labute approximate surface area is 343 Å². The smallest absolute Gasteiger partial charge is 0.0645 e. The van der Waals surface area contributed by atoms with Crippen LogP contribution in [0.1, 0.15) is 9.60 Å². The van der Waals surface area contributed by atoms with Gasteiger partial charge in [-0.05, 0) is 100 Å². The summed E-state index contributed by atoms with van der Waals surface area (Å²) in [4.78, 5) is 0. The first-order chi connectivity index (χ1) is 31.2. The summed E-state index contributed by atoms with van der Waals surface area (Å²) in [7, 11) is 0. The Bertz CT molecular complexity index is 3910. The second kappa shape index (κ2) is 12.7. The highest BCUT2D eigenvalue weighted by atomic mass is 32.1. The van der Waals surface area contributed by atoms with Crippen LogP contribution in [-0.2, 0) is 0 Å². The third-order valence-corrected chi connectivity index (χ3v) is 12.3. The van der Waals surface area contributed by atoms with Crippen LogP contribution in [0.5, 0.6) is 0 Å². The normalized spacial score (nSPS) is 13.6. The van der Waals surface area contributed by atoms with Crippen molar-refractivity contribution >= 4 is 75.1 Å². The summed E-state index contributed by atoms with van der Waals surface area (Å²) in [6.07, 6.45) is 0. The number of aromatic nitrogens is 2. The van der Waals surface area contributed by atoms with Crippen molar-refractivity contribution in [1.29, 1.82) is 0 Å². The lowest BCUT2D eigenvalue weighted by Crippen LogP contribution is -1.94. The monoisotopic (exact) mass is 749 g/mol. The first-order valence-corrected chi connectivity index (χ1v) is 19.8. The third-order valence-electron chi connectivity index (χ3n) is 11.2. The van der Waals surface area contributed by atoms with Crippen LogP contribution < -0.4 is 0 Å². The molecule has 0 atom stereocenters. The van der Waals surface area contributed by atoms with Gasteiger partial charge in [-0.3, -0.25) is 0 Å². The molecule has 2 nitrogen and oxygen atoms in total. The van der Waals surface area contributed by atoms with Gasteiger partial charge < -0.3 is 9.13 Å². The Balaban J connectivity index is 1.16. The van der Waals surface area contributed by atoms with Crippen molar-refractivity contribution in [2.45, 2.75) is 0 Å². The molecule has 0 fully saturated rings. The summed E-state index contributed by atoms with van der Waals surface area (Å²) < 4.78 is 71.5. The highest BCUT2D eigenvalue weighted by molar-refractivity contribution is 7.25. The first kappa shape index (κ1) is 25.8. The number of fused-ring (bicyclic) bond motifs is 9. The molecule has 12 rings (SSSR count). The number of thiophene rings is 1. The molecule has 0 aliphatic rings. The lowest BCUT2D eigenvalue weighted by molar-refractivity contribution is 1.18. The molecule has 0 spiro atoms. The predicted octanol–water partition coefficient (Wildman–Crippen LogP) is 15.2. The molecule has 0 unspecified atom stereocenters. The van der Waals surface area contributed by atoms with Gasteiger partial charge in [0, 0.05) is 47.4 Å². The van der Waals surface area contributed by atoms with E-state index in [-0.39, 0.29) is 57.6 Å². The topological polar surface area (TPSA) is 9.86 Å². The predicted molar refractivity (Wildman–Crippen MR) is 244 cm³/mol. The minimum absolute atomic E-state index is 0.0773. The van der Waals surface area contributed by atoms with Crippen LogP contribution in [-0.4, -0.2) is 9.13 Å². The minimum Gasteiger partial charge on any atom is -0.309 e. The lowest BCUT2D eigenvalue weighted by Gasteiger charge is -2.11. The average molecular weight is 750 g/mol. The van der Waals surface area contributed by atoms with Gasteiger partial charge in [-0.1, -0.05) is 139 Å². The number of benzene rings is 9. The molecule has 0 radical (unpaired) electrons. The van der Waals surface area contributed by atoms with Crippen LogP contribution in [0.2, 0.25) is 0 Å². The van der Waals surface area contributed by atoms with Gasteiger partial charge in [0.15, 0.2) is 0 Å². The van der Waals surface area contributed by atoms with Crippen molar-refractivity contribution in [3.8, 4) is 44.8 Å². The molecule has 0 aliphatic carbocycles. The molecule has 0 bridgehead atoms. The van der Waals surface area contributed by atoms with E-state index in [9.17, 15) is 6.85 Å². The van der Waals surface area contributed by atoms with Gasteiger partial charge in [0.2, 0.25) is 0 Å². The Morgan fingerprint density at radius 2 is 1.09 bits per heavy atom. The number of nitrogens with zero attached hydrogens (tertiary/aromatic N) is 2. The molecule has 3 heteroatoms. The van der Waals surface area contributed by atoms with Gasteiger partial charge in [-0.2, -0.15) is 0 Å². The highest BCUT2D eigenvalue weighted by Crippen LogP contribution is 2.44. The Hall–Kier alpha value is -7.20. The van der Waals surface area contributed by atoms with E-state index in [1.54, 1.807) is 15.9 Å². The average Bonchev–Trinajstić information content (AvgIpc) is 4.01. The molecule has 266 valence electrons. The fourth-order valence-electron chi connectivity index (χ4n) is 8.64. The molecule has 3 aromatic heterocycles. The fourth-order valence-corrected chi connectivity index (χ4v) is 9.76. The Kier molecular flexibility index (Phi) is 5.74. The van der Waals surface area contributed by atoms with Crippen molar-refractivity contribution in [3.63, 3.8) is 0 Å². The van der Waals surface area contributed by atoms with E-state index < -0.39 is 12.1 Å². The number of para-hydroxylation sites is 1. The van der Waals surface area contributed by atoms with E-state index in [1.165, 1.54) is 14.8 Å². The molecular weight excluding hydrogens is 709 g/mol. The van der Waals surface area contributed by atoms with Gasteiger partial charge in [0.25, 0.3) is 0 Å². The molecule has 0 saturated carbocycles. The van der Waals surface area contributed by atoms with Gasteiger partial charge >= 0.3 is 0 Å². The molecule has 3 heterocycles. The largest absolute Gasteiger partial charge is 0.309 e. The van der Waals surface area contributed by atoms with E-state index >= 15 is 0 Å². The zero-order valence-corrected chi connectivity index (χ0v) is 31.2. The van der Waals surface area contributed by atoms with Crippen LogP contribution in [0, 0.1) is 0 Å². The molecule has 0 saturated heterocycles. The van der Waals surface area contributed by atoms with Crippen LogP contribution >= 0.6 is 11.3 Å². The quantitative estimate of drug-likeness (QED) is 0.166. The lowest BCUT2D eigenvalue weighted by atomic mass is 9.97. The molecule has 57 heavy (non-hydrogen) atoms. The van der Waals surface area contributed by atoms with Crippen molar-refractivity contribution in [2.75, 3.05) is 0 Å². The van der Waals surface area contributed by atoms with Crippen molar-refractivity contribution in [2.24, 2.45) is 0 Å². The first-order valence-electron chi connectivity index (χ1n) is 22.4. The molecule has 0 N–H and O–H groups in total. The van der Waals surface area contributed by atoms with E-state index in [1.807, 2.05) is 91.0 Å². The van der Waals surface area contributed by atoms with Crippen molar-refractivity contribution in [3.05, 3.63) is 206 Å². The maximum absolute atomic E-state index is 9.97. The summed E-state index contributed by atoms with van der Waals surface area (Å²) in [6.45, 7) is 0. The van der Waals surface area contributed by atoms with Crippen LogP contribution in [0.25, 0.3) is 109 Å². The zero-order valence-electron chi connectivity index (χ0n) is 37.4. The van der Waals surface area contributed by atoms with Crippen LogP contribution in [0.3, 0.4) is 0 Å². The number of rotatable bonds is 5. The van der Waals surface area contributed by atoms with Gasteiger partial charge in [0.05, 0.1) is 37.3 Å². The number of hydrogen-bond donors (Lipinski definition) is 0. The maximum atomic E-state index is 9.97. The summed E-state index contributed by atoms with van der Waals surface area (Å²) in [6, 6.07) is 53.2. The SMILES string of the molecule is [2H]c1c([2H])c([2H])c2c(c1[2H])c1c([2H])c(-c3ccc4c(c3)c3c(-c5ccccc5)cccc3n4-c3cccc4sc5ccccc5c34)c([2H])c([2H])c1n2-c1ccc(-c2ccccc2)cc1. The second-order valence-corrected chi connectivity index (χ2v) is 15.4. The van der Waals surface area contributed by atoms with Crippen LogP contribution in [0.15, 0.2) is 206 Å². The van der Waals surface area contributed by atoms with E-state index in [0.717, 1.165) is 55.1 Å². The maximum Gasteiger partial charge on any atom is 0.0645 e. The molecule has 9 aromatic carbocycles. The van der Waals surface area contributed by atoms with Gasteiger partial charge in [-0.15, -0.1) is 11.3 Å². The van der Waals surface area contributed by atoms with Crippen LogP contribution in [0.4, 0.5) is 0 Å². The van der Waals surface area contributed by atoms with E-state index in [2.05, 4.69) is 77.4 Å². The zero-order chi connectivity index (χ0) is 43.5. The standard InChI is InChI=1S/C54H34N2S/c1-3-13-35(14-4-1)36-25-29-40(30-26-36)55-46-20-9-7-17-42(46)44-33-38(27-31-47(44)55)39-28-32-48-45(34-39)53-41(37-15-5-2-6-16-37)19-11-21-49(53)56(48)50-22-12-24-52-54(50)43-18-8-10-23-51(43)57-52/h1-34H/i7D,9D,17D,20D,27D,31D,33D. The molecule has 12 aromatic rings. The van der Waals surface area contributed by atoms with Crippen molar-refractivity contribution in [1.82, 2.24) is 9.13 Å². The molecule has 0 amide bonds. The third kappa shape index (κ3) is 4.96. The summed E-state index contributed by atoms with van der Waals surface area (Å²) in [5, 5.41) is 4.62. The Morgan fingerprint density at radius 1 is 0.386 bits per heavy atom. The number of hydrogen-bond acceptors (Lipinski definition) is 1. The molecule has 0 aliphatic heterocycles. The van der Waals surface area contributed by atoms with Gasteiger partial charge in [-0.25, -0.2) is 0 Å². The van der Waals surface area contributed by atoms with Gasteiger partial charge in [0.1, 0.15) is 0 Å². The fraction of sp³-hybridized carbons (Fsp3) is 0. The van der Waals surface area contributed by atoms with E-state index in [0.29, 0.717) is 11.3 Å². The highest BCUT2D eigenvalue weighted by Gasteiger charge is 2.20. The summed E-state index contributed by atoms with van der Waals surface area (Å²) in [5.74, 6) is 0. The Morgan fingerprint density at radius 3 is 1.95 bits per heavy atom.